The summed E-state index contributed by atoms with van der Waals surface area (Å²) in [6, 6.07) is 14.3. The number of amides is 3. The van der Waals surface area contributed by atoms with Crippen molar-refractivity contribution in [3.63, 3.8) is 0 Å². The Labute approximate surface area is 146 Å². The first-order chi connectivity index (χ1) is 12.2. The zero-order chi connectivity index (χ0) is 17.0. The monoisotopic (exact) mass is 333 g/mol. The van der Waals surface area contributed by atoms with Crippen LogP contribution in [-0.4, -0.2) is 41.0 Å². The molecule has 5 nitrogen and oxygen atoms in total. The van der Waals surface area contributed by atoms with Gasteiger partial charge in [-0.05, 0) is 53.6 Å². The van der Waals surface area contributed by atoms with Crippen molar-refractivity contribution in [1.29, 1.82) is 0 Å². The topological polar surface area (TPSA) is 52.7 Å². The van der Waals surface area contributed by atoms with Gasteiger partial charge in [0, 0.05) is 12.2 Å². The summed E-state index contributed by atoms with van der Waals surface area (Å²) >= 11 is 0. The summed E-state index contributed by atoms with van der Waals surface area (Å²) in [7, 11) is 0. The van der Waals surface area contributed by atoms with Crippen molar-refractivity contribution in [2.24, 2.45) is 0 Å². The maximum atomic E-state index is 12.4. The lowest BCUT2D eigenvalue weighted by atomic mass is 10.1. The highest BCUT2D eigenvalue weighted by atomic mass is 16.2. The van der Waals surface area contributed by atoms with Gasteiger partial charge in [-0.3, -0.25) is 4.79 Å². The molecule has 2 aromatic carbocycles. The van der Waals surface area contributed by atoms with E-state index >= 15 is 0 Å². The van der Waals surface area contributed by atoms with Crippen LogP contribution in [0.1, 0.15) is 24.0 Å². The highest BCUT2D eigenvalue weighted by Crippen LogP contribution is 2.37. The van der Waals surface area contributed by atoms with E-state index in [0.29, 0.717) is 6.54 Å². The SMILES string of the molecule is O=C1[C@H]2CCCN2C(=O)N1CNc1ccc2c(c1)Cc1ccccc1-2. The first-order valence-corrected chi connectivity index (χ1v) is 8.79. The molecule has 126 valence electrons. The average Bonchev–Trinajstić information content (AvgIpc) is 3.30. The van der Waals surface area contributed by atoms with Gasteiger partial charge < -0.3 is 10.2 Å². The van der Waals surface area contributed by atoms with Crippen molar-refractivity contribution < 1.29 is 9.59 Å². The van der Waals surface area contributed by atoms with Crippen molar-refractivity contribution in [1.82, 2.24) is 9.80 Å². The van der Waals surface area contributed by atoms with Crippen molar-refractivity contribution in [2.45, 2.75) is 25.3 Å². The van der Waals surface area contributed by atoms with E-state index < -0.39 is 0 Å². The summed E-state index contributed by atoms with van der Waals surface area (Å²) in [5.41, 5.74) is 6.15. The summed E-state index contributed by atoms with van der Waals surface area (Å²) in [5, 5.41) is 3.25. The van der Waals surface area contributed by atoms with Crippen LogP contribution in [0.15, 0.2) is 42.5 Å². The van der Waals surface area contributed by atoms with Crippen molar-refractivity contribution >= 4 is 17.6 Å². The minimum absolute atomic E-state index is 0.0661. The van der Waals surface area contributed by atoms with Crippen LogP contribution in [-0.2, 0) is 11.2 Å². The standard InChI is InChI=1S/C20H19N3O2/c24-19-18-6-3-9-22(18)20(25)23(19)12-21-15-7-8-17-14(11-15)10-13-4-1-2-5-16(13)17/h1-2,4-5,7-8,11,18,21H,3,6,9-10,12H2/t18-/m1/s1. The molecule has 25 heavy (non-hydrogen) atoms. The molecule has 5 rings (SSSR count). The van der Waals surface area contributed by atoms with Gasteiger partial charge in [0.2, 0.25) is 0 Å². The number of nitrogens with one attached hydrogen (secondary N) is 1. The lowest BCUT2D eigenvalue weighted by molar-refractivity contribution is -0.127. The second-order valence-corrected chi connectivity index (χ2v) is 6.94. The van der Waals surface area contributed by atoms with Crippen LogP contribution >= 0.6 is 0 Å². The summed E-state index contributed by atoms with van der Waals surface area (Å²) in [4.78, 5) is 27.8. The Morgan fingerprint density at radius 1 is 1.04 bits per heavy atom. The molecule has 2 fully saturated rings. The number of benzene rings is 2. The van der Waals surface area contributed by atoms with Gasteiger partial charge in [0.25, 0.3) is 5.91 Å². The predicted molar refractivity (Wildman–Crippen MR) is 95.1 cm³/mol. The van der Waals surface area contributed by atoms with Crippen molar-refractivity contribution in [2.75, 3.05) is 18.5 Å². The molecule has 2 aliphatic heterocycles. The van der Waals surface area contributed by atoms with Crippen LogP contribution in [0.4, 0.5) is 10.5 Å². The van der Waals surface area contributed by atoms with Gasteiger partial charge in [0.15, 0.2) is 0 Å². The van der Waals surface area contributed by atoms with Gasteiger partial charge in [-0.15, -0.1) is 0 Å². The van der Waals surface area contributed by atoms with Crippen LogP contribution in [0.25, 0.3) is 11.1 Å². The number of nitrogens with zero attached hydrogens (tertiary/aromatic N) is 2. The van der Waals surface area contributed by atoms with Gasteiger partial charge in [-0.25, -0.2) is 9.69 Å². The summed E-state index contributed by atoms with van der Waals surface area (Å²) < 4.78 is 0. The second-order valence-electron chi connectivity index (χ2n) is 6.94. The van der Waals surface area contributed by atoms with Crippen LogP contribution in [0.3, 0.4) is 0 Å². The number of carbonyl (C=O) groups excluding carboxylic acids is 2. The molecule has 5 heteroatoms. The third-order valence-electron chi connectivity index (χ3n) is 5.52. The fraction of sp³-hybridized carbons (Fsp3) is 0.300. The molecular weight excluding hydrogens is 314 g/mol. The molecular formula is C20H19N3O2. The Morgan fingerprint density at radius 2 is 1.88 bits per heavy atom. The summed E-state index contributed by atoms with van der Waals surface area (Å²) in [6.07, 6.45) is 2.64. The number of hydrogen-bond donors (Lipinski definition) is 1. The normalized spacial score (nSPS) is 20.7. The fourth-order valence-corrected chi connectivity index (χ4v) is 4.25. The van der Waals surface area contributed by atoms with E-state index in [2.05, 4.69) is 41.7 Å². The van der Waals surface area contributed by atoms with Crippen molar-refractivity contribution in [3.05, 3.63) is 53.6 Å². The number of anilines is 1. The van der Waals surface area contributed by atoms with Crippen LogP contribution in [0.2, 0.25) is 0 Å². The Kier molecular flexibility index (Phi) is 3.10. The summed E-state index contributed by atoms with van der Waals surface area (Å²) in [5.74, 6) is -0.0661. The highest BCUT2D eigenvalue weighted by Gasteiger charge is 2.47. The van der Waals surface area contributed by atoms with Crippen LogP contribution < -0.4 is 5.32 Å². The van der Waals surface area contributed by atoms with Crippen LogP contribution in [0.5, 0.6) is 0 Å². The van der Waals surface area contributed by atoms with E-state index in [1.165, 1.54) is 27.2 Å². The fourth-order valence-electron chi connectivity index (χ4n) is 4.25. The molecule has 2 aromatic rings. The third kappa shape index (κ3) is 2.15. The molecule has 0 saturated carbocycles. The zero-order valence-corrected chi connectivity index (χ0v) is 13.9. The van der Waals surface area contributed by atoms with E-state index in [4.69, 9.17) is 0 Å². The first kappa shape index (κ1) is 14.5. The molecule has 0 spiro atoms. The minimum atomic E-state index is -0.233. The van der Waals surface area contributed by atoms with E-state index in [1.807, 2.05) is 6.07 Å². The van der Waals surface area contributed by atoms with E-state index in [9.17, 15) is 9.59 Å². The quantitative estimate of drug-likeness (QED) is 0.750. The Morgan fingerprint density at radius 3 is 2.76 bits per heavy atom. The maximum Gasteiger partial charge on any atom is 0.328 e. The molecule has 1 aliphatic carbocycles. The number of urea groups is 1. The molecule has 0 radical (unpaired) electrons. The van der Waals surface area contributed by atoms with E-state index in [1.54, 1.807) is 4.90 Å². The number of carbonyl (C=O) groups is 2. The lowest BCUT2D eigenvalue weighted by Gasteiger charge is -2.17. The molecule has 2 heterocycles. The van der Waals surface area contributed by atoms with Crippen LogP contribution in [0, 0.1) is 0 Å². The summed E-state index contributed by atoms with van der Waals surface area (Å²) in [6.45, 7) is 0.930. The molecule has 2 saturated heterocycles. The Balaban J connectivity index is 1.32. The molecule has 0 bridgehead atoms. The van der Waals surface area contributed by atoms with Gasteiger partial charge in [0.1, 0.15) is 6.04 Å². The number of hydrogen-bond acceptors (Lipinski definition) is 3. The number of imide groups is 1. The highest BCUT2D eigenvalue weighted by molar-refractivity contribution is 6.04. The Bertz CT molecular complexity index is 870. The van der Waals surface area contributed by atoms with Gasteiger partial charge in [0.05, 0.1) is 6.67 Å². The van der Waals surface area contributed by atoms with E-state index in [-0.39, 0.29) is 24.6 Å². The molecule has 1 N–H and O–H groups in total. The molecule has 0 aromatic heterocycles. The predicted octanol–water partition coefficient (Wildman–Crippen LogP) is 3.05. The second kappa shape index (κ2) is 5.34. The largest absolute Gasteiger partial charge is 0.367 e. The van der Waals surface area contributed by atoms with Gasteiger partial charge in [-0.2, -0.15) is 0 Å². The molecule has 0 unspecified atom stereocenters. The van der Waals surface area contributed by atoms with Gasteiger partial charge in [-0.1, -0.05) is 30.3 Å². The third-order valence-corrected chi connectivity index (χ3v) is 5.52. The minimum Gasteiger partial charge on any atom is -0.367 e. The van der Waals surface area contributed by atoms with E-state index in [0.717, 1.165) is 24.9 Å². The maximum absolute atomic E-state index is 12.4. The number of rotatable bonds is 3. The first-order valence-electron chi connectivity index (χ1n) is 8.79. The molecule has 1 atom stereocenters. The van der Waals surface area contributed by atoms with Gasteiger partial charge >= 0.3 is 6.03 Å². The van der Waals surface area contributed by atoms with Crippen molar-refractivity contribution in [3.8, 4) is 11.1 Å². The smallest absolute Gasteiger partial charge is 0.328 e. The average molecular weight is 333 g/mol. The number of fused-ring (bicyclic) bond motifs is 4. The Hall–Kier alpha value is -2.82. The zero-order valence-electron chi connectivity index (χ0n) is 13.9. The lowest BCUT2D eigenvalue weighted by Crippen LogP contribution is -2.37. The molecule has 3 aliphatic rings. The molecule has 3 amide bonds.